The minimum Gasteiger partial charge on any atom is -0.386 e. The summed E-state index contributed by atoms with van der Waals surface area (Å²) in [6.07, 6.45) is 0. The van der Waals surface area contributed by atoms with E-state index in [2.05, 4.69) is 42.0 Å². The topological polar surface area (TPSA) is 449 Å². The summed E-state index contributed by atoms with van der Waals surface area (Å²) in [5, 5.41) is 22.8. The van der Waals surface area contributed by atoms with Crippen molar-refractivity contribution in [3.05, 3.63) is 65.2 Å². The minimum absolute atomic E-state index is 0. The first-order valence-corrected chi connectivity index (χ1v) is 16.5. The number of nitrogens with two attached hydrogens (primary N) is 4. The van der Waals surface area contributed by atoms with Gasteiger partial charge in [-0.25, -0.2) is 0 Å². The zero-order chi connectivity index (χ0) is 40.9. The Labute approximate surface area is 361 Å². The van der Waals surface area contributed by atoms with Gasteiger partial charge in [-0.1, -0.05) is 0 Å². The van der Waals surface area contributed by atoms with Gasteiger partial charge < -0.3 is 44.2 Å². The van der Waals surface area contributed by atoms with Gasteiger partial charge in [-0.2, -0.15) is 28.0 Å². The van der Waals surface area contributed by atoms with Crippen molar-refractivity contribution < 1.29 is 126 Å². The van der Waals surface area contributed by atoms with Crippen molar-refractivity contribution in [2.75, 3.05) is 52.4 Å². The molecule has 30 heteroatoms. The first-order chi connectivity index (χ1) is 22.9. The number of nitroso groups, excluding NO2 is 4. The number of hydrogen-bond donors (Lipinski definition) is 10. The largest absolute Gasteiger partial charge is 2.00 e. The Morgan fingerprint density at radius 2 is 0.556 bits per heavy atom. The second-order valence-electron chi connectivity index (χ2n) is 8.86. The quantitative estimate of drug-likeness (QED) is 0.0508. The average Bonchev–Trinajstić information content (AvgIpc) is 3.04. The van der Waals surface area contributed by atoms with Crippen molar-refractivity contribution in [2.45, 2.75) is 55.4 Å². The molecule has 334 valence electrons. The van der Waals surface area contributed by atoms with Gasteiger partial charge in [0.25, 0.3) is 0 Å². The molecule has 0 atom stereocenters. The van der Waals surface area contributed by atoms with E-state index < -0.39 is 20.5 Å². The molecule has 54 heavy (non-hydrogen) atoms. The first-order valence-electron chi connectivity index (χ1n) is 13.9. The van der Waals surface area contributed by atoms with E-state index in [9.17, 15) is 19.6 Å². The maximum absolute atomic E-state index is 9.93. The monoisotopic (exact) mass is 1020 g/mol. The molecule has 0 saturated heterocycles. The molecule has 0 fully saturated rings. The minimum atomic E-state index is -4.69. The van der Waals surface area contributed by atoms with Crippen LogP contribution in [0.25, 0.3) is 0 Å². The number of nitrogens with zero attached hydrogens (tertiary/aromatic N) is 4. The summed E-state index contributed by atoms with van der Waals surface area (Å²) in [5.41, 5.74) is 26.0. The van der Waals surface area contributed by atoms with Crippen LogP contribution in [0.15, 0.2) is 66.3 Å². The molecule has 0 saturated carbocycles. The van der Waals surface area contributed by atoms with E-state index >= 15 is 0 Å². The Hall–Kier alpha value is -1.26. The third-order valence-corrected chi connectivity index (χ3v) is 4.86. The molecule has 14 N–H and O–H groups in total. The van der Waals surface area contributed by atoms with Gasteiger partial charge >= 0.3 is 68.3 Å². The molecule has 0 rings (SSSR count). The second-order valence-corrected chi connectivity index (χ2v) is 10.4. The Morgan fingerprint density at radius 1 is 0.444 bits per heavy atom. The number of halogens is 2. The van der Waals surface area contributed by atoms with Gasteiger partial charge in [-0.05, 0) is 76.1 Å². The smallest absolute Gasteiger partial charge is 0.386 e. The molecule has 0 aliphatic heterocycles. The molecule has 0 heterocycles. The Morgan fingerprint density at radius 3 is 0.630 bits per heavy atom. The molecule has 2 radical (unpaired) electrons. The van der Waals surface area contributed by atoms with Crippen molar-refractivity contribution in [1.29, 1.82) is 0 Å². The molecule has 0 spiro atoms. The Bertz CT molecular complexity index is 897. The number of hydrogen-bond acceptors (Lipinski definition) is 24. The summed E-state index contributed by atoms with van der Waals surface area (Å²) in [7, 11) is -9.39. The molecule has 0 aromatic carbocycles. The molecule has 0 bridgehead atoms. The van der Waals surface area contributed by atoms with Gasteiger partial charge in [-0.15, -0.1) is 19.6 Å². The molecule has 0 amide bonds. The zero-order valence-corrected chi connectivity index (χ0v) is 36.0. The van der Waals surface area contributed by atoms with E-state index in [1.54, 1.807) is 55.4 Å². The molecule has 0 aliphatic rings. The summed E-state index contributed by atoms with van der Waals surface area (Å²) in [6, 6.07) is 0. The van der Waals surface area contributed by atoms with Crippen LogP contribution in [0.1, 0.15) is 55.4 Å². The molecular weight excluding hydrogens is 973 g/mol. The van der Waals surface area contributed by atoms with Gasteiger partial charge in [0.2, 0.25) is 0 Å². The van der Waals surface area contributed by atoms with Crippen molar-refractivity contribution in [3.63, 3.8) is 0 Å². The van der Waals surface area contributed by atoms with Crippen LogP contribution in [0.3, 0.4) is 0 Å². The van der Waals surface area contributed by atoms with Crippen LogP contribution in [-0.2, 0) is 68.3 Å². The average molecular weight is 1030 g/mol. The number of rotatable bonds is 16. The Balaban J connectivity index is -0.0000000540. The number of allylic oxidation sites excluding steroid dienone is 8. The van der Waals surface area contributed by atoms with Gasteiger partial charge in [-0.3, -0.25) is 0 Å². The van der Waals surface area contributed by atoms with Crippen LogP contribution < -0.4 is 72.2 Å². The van der Waals surface area contributed by atoms with Crippen molar-refractivity contribution in [2.24, 2.45) is 43.6 Å². The summed E-state index contributed by atoms with van der Waals surface area (Å²) >= 11 is 0. The fraction of sp³-hybridized carbons (Fsp3) is 0.667. The fourth-order valence-corrected chi connectivity index (χ4v) is 1.82. The van der Waals surface area contributed by atoms with E-state index in [1.165, 1.54) is 0 Å². The van der Waals surface area contributed by atoms with E-state index in [0.29, 0.717) is 75.1 Å². The zero-order valence-electron chi connectivity index (χ0n) is 30.7. The van der Waals surface area contributed by atoms with Crippen molar-refractivity contribution in [3.8, 4) is 0 Å². The van der Waals surface area contributed by atoms with Crippen LogP contribution in [0.2, 0.25) is 0 Å². The predicted octanol–water partition coefficient (Wildman–Crippen LogP) is -6.05. The van der Waals surface area contributed by atoms with E-state index in [-0.39, 0.29) is 68.3 Å². The predicted molar refractivity (Wildman–Crippen MR) is 169 cm³/mol. The second kappa shape index (κ2) is 51.7. The summed E-state index contributed by atoms with van der Waals surface area (Å²) in [4.78, 5) is 39.7. The van der Waals surface area contributed by atoms with Crippen LogP contribution in [-0.4, -0.2) is 61.7 Å². The molecule has 0 aromatic rings. The summed E-state index contributed by atoms with van der Waals surface area (Å²) < 4.78 is 65.4. The summed E-state index contributed by atoms with van der Waals surface area (Å²) in [6.45, 7) is 18.8. The van der Waals surface area contributed by atoms with Gasteiger partial charge in [0.1, 0.15) is 22.8 Å². The first kappa shape index (κ1) is 77.3. The standard InChI is InChI=1S/4C6H13N3O.2ClHO4.4Cu/c4*1-5(6(2)9-10)8-4-3-7;2*2-1(3,4)5;;;;/h4*8H,3-4,7H2,1-2H3;2*(H,2,3,4,5);;;;/q;;;;;;2*+1;2*+2. The molecule has 24 nitrogen and oxygen atoms in total. The molecular formula is C24H54Cl2Cu4N12O12+6. The van der Waals surface area contributed by atoms with Gasteiger partial charge in [0, 0.05) is 75.1 Å². The normalized spacial score (nSPS) is 11.3. The van der Waals surface area contributed by atoms with Crippen LogP contribution >= 0.6 is 0 Å². The van der Waals surface area contributed by atoms with Gasteiger partial charge in [0.15, 0.2) is 0 Å². The SMILES string of the molecule is CC(N=O)=C(C)NCCN.CC(N=O)=C(C)NCCN.CC(N=O)=C(C)NCCN.CC(N=O)=C(C)NCCN.[Cu+2].[Cu+2].[Cu+].[Cu+].[O-][Cl+3]([O-])([O-])O.[O-][Cl+3]([O-])([O-])O. The summed E-state index contributed by atoms with van der Waals surface area (Å²) in [5.74, 6) is 0. The van der Waals surface area contributed by atoms with Crippen LogP contribution in [0.5, 0.6) is 0 Å². The maximum Gasteiger partial charge on any atom is 2.00 e. The van der Waals surface area contributed by atoms with E-state index in [0.717, 1.165) is 22.8 Å². The fourth-order valence-electron chi connectivity index (χ4n) is 1.82. The maximum atomic E-state index is 9.93. The van der Waals surface area contributed by atoms with Crippen LogP contribution in [0, 0.1) is 40.1 Å². The van der Waals surface area contributed by atoms with E-state index in [4.69, 9.17) is 60.2 Å². The Kier molecular flexibility index (Phi) is 74.1. The van der Waals surface area contributed by atoms with Crippen molar-refractivity contribution in [1.82, 2.24) is 21.3 Å². The molecule has 0 unspecified atom stereocenters. The van der Waals surface area contributed by atoms with E-state index in [1.807, 2.05) is 0 Å². The molecule has 0 aromatic heterocycles. The van der Waals surface area contributed by atoms with Crippen molar-refractivity contribution >= 4 is 0 Å². The third-order valence-electron chi connectivity index (χ3n) is 4.86. The van der Waals surface area contributed by atoms with Crippen LogP contribution in [0.4, 0.5) is 0 Å². The van der Waals surface area contributed by atoms with Gasteiger partial charge in [0.05, 0.1) is 29.8 Å². The third kappa shape index (κ3) is 83.6. The number of nitrogens with one attached hydrogen (secondary N) is 4. The molecule has 0 aliphatic carbocycles.